The van der Waals surface area contributed by atoms with E-state index in [0.717, 1.165) is 6.26 Å². The van der Waals surface area contributed by atoms with Crippen LogP contribution in [0.15, 0.2) is 12.0 Å². The molecule has 0 radical (unpaired) electrons. The van der Waals surface area contributed by atoms with Crippen LogP contribution in [0.3, 0.4) is 0 Å². The van der Waals surface area contributed by atoms with Gasteiger partial charge in [-0.3, -0.25) is 0 Å². The van der Waals surface area contributed by atoms with Gasteiger partial charge in [0.1, 0.15) is 24.6 Å². The Morgan fingerprint density at radius 1 is 1.47 bits per heavy atom. The van der Waals surface area contributed by atoms with Crippen LogP contribution in [0.1, 0.15) is 20.8 Å². The predicted molar refractivity (Wildman–Crippen MR) is 53.3 cm³/mol. The lowest BCUT2D eigenvalue weighted by atomic mass is 10.0. The molecule has 0 saturated carbocycles. The summed E-state index contributed by atoms with van der Waals surface area (Å²) in [6.45, 7) is 5.19. The standard InChI is InChI=1S/C10H18O5/c1-10(2,3)15-9-7(4-11)14-5-6(12)8(9)13/h5,7-9,11-13H,4H2,1-3H3/t7?,8-,9+/m0/s1. The Morgan fingerprint density at radius 2 is 2.07 bits per heavy atom. The number of hydrogen-bond donors (Lipinski definition) is 3. The Balaban J connectivity index is 2.77. The average Bonchev–Trinajstić information content (AvgIpc) is 2.11. The number of ether oxygens (including phenoxy) is 2. The Morgan fingerprint density at radius 3 is 2.53 bits per heavy atom. The van der Waals surface area contributed by atoms with E-state index in [1.54, 1.807) is 0 Å². The summed E-state index contributed by atoms with van der Waals surface area (Å²) >= 11 is 0. The molecule has 0 aromatic heterocycles. The Labute approximate surface area is 88.9 Å². The third kappa shape index (κ3) is 3.09. The van der Waals surface area contributed by atoms with Gasteiger partial charge in [-0.25, -0.2) is 0 Å². The highest BCUT2D eigenvalue weighted by Crippen LogP contribution is 2.24. The zero-order valence-electron chi connectivity index (χ0n) is 9.17. The topological polar surface area (TPSA) is 79.2 Å². The van der Waals surface area contributed by atoms with Crippen molar-refractivity contribution in [3.8, 4) is 0 Å². The quantitative estimate of drug-likeness (QED) is 0.622. The highest BCUT2D eigenvalue weighted by molar-refractivity contribution is 5.04. The zero-order chi connectivity index (χ0) is 11.6. The lowest BCUT2D eigenvalue weighted by molar-refractivity contribution is -0.174. The van der Waals surface area contributed by atoms with Gasteiger partial charge in [-0.05, 0) is 20.8 Å². The number of rotatable bonds is 2. The Kier molecular flexibility index (Phi) is 3.59. The van der Waals surface area contributed by atoms with E-state index in [-0.39, 0.29) is 12.4 Å². The molecule has 0 aromatic carbocycles. The van der Waals surface area contributed by atoms with Crippen molar-refractivity contribution in [2.45, 2.75) is 44.7 Å². The van der Waals surface area contributed by atoms with Gasteiger partial charge in [0, 0.05) is 0 Å². The molecule has 0 aliphatic carbocycles. The van der Waals surface area contributed by atoms with Crippen molar-refractivity contribution in [2.24, 2.45) is 0 Å². The summed E-state index contributed by atoms with van der Waals surface area (Å²) < 4.78 is 10.6. The van der Waals surface area contributed by atoms with Crippen molar-refractivity contribution in [3.05, 3.63) is 12.0 Å². The van der Waals surface area contributed by atoms with Gasteiger partial charge in [-0.1, -0.05) is 0 Å². The van der Waals surface area contributed by atoms with Crippen LogP contribution in [0.25, 0.3) is 0 Å². The molecule has 1 aliphatic rings. The van der Waals surface area contributed by atoms with Crippen LogP contribution in [0, 0.1) is 0 Å². The van der Waals surface area contributed by atoms with Gasteiger partial charge < -0.3 is 24.8 Å². The summed E-state index contributed by atoms with van der Waals surface area (Å²) in [5.41, 5.74) is -0.486. The Bertz CT molecular complexity index is 243. The first-order valence-corrected chi connectivity index (χ1v) is 4.86. The van der Waals surface area contributed by atoms with Gasteiger partial charge in [-0.15, -0.1) is 0 Å². The van der Waals surface area contributed by atoms with Crippen molar-refractivity contribution < 1.29 is 24.8 Å². The summed E-state index contributed by atoms with van der Waals surface area (Å²) in [6, 6.07) is 0. The molecule has 0 aromatic rings. The molecule has 88 valence electrons. The maximum Gasteiger partial charge on any atom is 0.158 e. The van der Waals surface area contributed by atoms with E-state index in [9.17, 15) is 10.2 Å². The van der Waals surface area contributed by atoms with E-state index >= 15 is 0 Å². The SMILES string of the molecule is CC(C)(C)O[C@@H]1C(CO)OC=C(O)[C@@H]1O. The highest BCUT2D eigenvalue weighted by Gasteiger charge is 2.38. The third-order valence-corrected chi connectivity index (χ3v) is 2.01. The van der Waals surface area contributed by atoms with Crippen molar-refractivity contribution in [1.29, 1.82) is 0 Å². The van der Waals surface area contributed by atoms with Crippen LogP contribution in [0.4, 0.5) is 0 Å². The molecular weight excluding hydrogens is 200 g/mol. The van der Waals surface area contributed by atoms with Gasteiger partial charge >= 0.3 is 0 Å². The largest absolute Gasteiger partial charge is 0.506 e. The molecule has 0 amide bonds. The summed E-state index contributed by atoms with van der Waals surface area (Å²) in [7, 11) is 0. The van der Waals surface area contributed by atoms with Crippen LogP contribution in [-0.2, 0) is 9.47 Å². The second-order valence-corrected chi connectivity index (χ2v) is 4.54. The second-order valence-electron chi connectivity index (χ2n) is 4.54. The van der Waals surface area contributed by atoms with E-state index in [4.69, 9.17) is 14.6 Å². The van der Waals surface area contributed by atoms with Gasteiger partial charge in [0.15, 0.2) is 5.76 Å². The van der Waals surface area contributed by atoms with E-state index in [0.29, 0.717) is 0 Å². The molecule has 0 fully saturated rings. The maximum atomic E-state index is 9.67. The minimum Gasteiger partial charge on any atom is -0.506 e. The first-order chi connectivity index (χ1) is 6.85. The van der Waals surface area contributed by atoms with Crippen LogP contribution in [0.5, 0.6) is 0 Å². The van der Waals surface area contributed by atoms with Crippen molar-refractivity contribution in [1.82, 2.24) is 0 Å². The first kappa shape index (κ1) is 12.3. The van der Waals surface area contributed by atoms with Crippen molar-refractivity contribution in [2.75, 3.05) is 6.61 Å². The molecule has 0 spiro atoms. The summed E-state index contributed by atoms with van der Waals surface area (Å²) in [5.74, 6) is -0.283. The molecule has 1 heterocycles. The average molecular weight is 218 g/mol. The molecule has 5 heteroatoms. The predicted octanol–water partition coefficient (Wildman–Crippen LogP) is 0.322. The maximum absolute atomic E-state index is 9.67. The molecule has 0 saturated heterocycles. The fourth-order valence-electron chi connectivity index (χ4n) is 1.37. The van der Waals surface area contributed by atoms with Crippen LogP contribution in [0.2, 0.25) is 0 Å². The van der Waals surface area contributed by atoms with Gasteiger partial charge in [0.05, 0.1) is 12.2 Å². The summed E-state index contributed by atoms with van der Waals surface area (Å²) in [4.78, 5) is 0. The van der Waals surface area contributed by atoms with E-state index in [2.05, 4.69) is 0 Å². The van der Waals surface area contributed by atoms with Gasteiger partial charge in [0.2, 0.25) is 0 Å². The zero-order valence-corrected chi connectivity index (χ0v) is 9.17. The first-order valence-electron chi connectivity index (χ1n) is 4.86. The fourth-order valence-corrected chi connectivity index (χ4v) is 1.37. The monoisotopic (exact) mass is 218 g/mol. The summed E-state index contributed by atoms with van der Waals surface area (Å²) in [6.07, 6.45) is -1.54. The molecule has 15 heavy (non-hydrogen) atoms. The molecule has 3 N–H and O–H groups in total. The van der Waals surface area contributed by atoms with E-state index in [1.807, 2.05) is 20.8 Å². The fraction of sp³-hybridized carbons (Fsp3) is 0.800. The highest BCUT2D eigenvalue weighted by atomic mass is 16.6. The Hall–Kier alpha value is -0.780. The lowest BCUT2D eigenvalue weighted by Crippen LogP contribution is -2.49. The number of aliphatic hydroxyl groups excluding tert-OH is 3. The van der Waals surface area contributed by atoms with E-state index < -0.39 is 23.9 Å². The van der Waals surface area contributed by atoms with Crippen LogP contribution < -0.4 is 0 Å². The number of hydrogen-bond acceptors (Lipinski definition) is 5. The number of aliphatic hydroxyl groups is 3. The molecule has 1 aliphatic heterocycles. The second kappa shape index (κ2) is 4.38. The molecule has 1 rings (SSSR count). The van der Waals surface area contributed by atoms with Crippen LogP contribution in [-0.4, -0.2) is 45.8 Å². The van der Waals surface area contributed by atoms with Crippen LogP contribution >= 0.6 is 0 Å². The van der Waals surface area contributed by atoms with Gasteiger partial charge in [-0.2, -0.15) is 0 Å². The molecule has 5 nitrogen and oxygen atoms in total. The van der Waals surface area contributed by atoms with Crippen molar-refractivity contribution in [3.63, 3.8) is 0 Å². The summed E-state index contributed by atoms with van der Waals surface area (Å²) in [5, 5.41) is 28.0. The minimum absolute atomic E-state index is 0.276. The molecule has 3 atom stereocenters. The third-order valence-electron chi connectivity index (χ3n) is 2.01. The molecule has 1 unspecified atom stereocenters. The minimum atomic E-state index is -1.16. The lowest BCUT2D eigenvalue weighted by Gasteiger charge is -2.36. The molecular formula is C10H18O5. The van der Waals surface area contributed by atoms with E-state index in [1.165, 1.54) is 0 Å². The molecule has 0 bridgehead atoms. The smallest absolute Gasteiger partial charge is 0.158 e. The normalized spacial score (nSPS) is 32.1. The van der Waals surface area contributed by atoms with Gasteiger partial charge in [0.25, 0.3) is 0 Å². The van der Waals surface area contributed by atoms with Crippen molar-refractivity contribution >= 4 is 0 Å².